The molecule has 4 nitrogen and oxygen atoms in total. The predicted molar refractivity (Wildman–Crippen MR) is 114 cm³/mol. The SMILES string of the molecule is C[C@@H](NC(=O)/C(C#N)=C\c1ccccc1OCc1ccccc1F)c1ccccc1. The maximum atomic E-state index is 13.8. The van der Waals surface area contributed by atoms with E-state index in [9.17, 15) is 14.4 Å². The Labute approximate surface area is 175 Å². The van der Waals surface area contributed by atoms with Gasteiger partial charge in [0, 0.05) is 11.1 Å². The Balaban J connectivity index is 1.76. The summed E-state index contributed by atoms with van der Waals surface area (Å²) in [6.07, 6.45) is 1.48. The molecule has 1 N–H and O–H groups in total. The van der Waals surface area contributed by atoms with E-state index in [1.165, 1.54) is 12.1 Å². The van der Waals surface area contributed by atoms with E-state index >= 15 is 0 Å². The number of carbonyl (C=O) groups is 1. The summed E-state index contributed by atoms with van der Waals surface area (Å²) in [5.41, 5.74) is 1.88. The third-order valence-electron chi connectivity index (χ3n) is 4.57. The van der Waals surface area contributed by atoms with Crippen LogP contribution in [0.1, 0.15) is 29.7 Å². The molecular formula is C25H21FN2O2. The molecule has 0 aliphatic rings. The van der Waals surface area contributed by atoms with Crippen LogP contribution in [0.5, 0.6) is 5.75 Å². The van der Waals surface area contributed by atoms with Gasteiger partial charge in [0.2, 0.25) is 0 Å². The summed E-state index contributed by atoms with van der Waals surface area (Å²) in [5.74, 6) is -0.368. The van der Waals surface area contributed by atoms with Crippen molar-refractivity contribution in [3.8, 4) is 11.8 Å². The first-order chi connectivity index (χ1) is 14.6. The molecule has 3 aromatic carbocycles. The average Bonchev–Trinajstić information content (AvgIpc) is 2.78. The summed E-state index contributed by atoms with van der Waals surface area (Å²) in [5, 5.41) is 12.3. The first-order valence-corrected chi connectivity index (χ1v) is 9.51. The average molecular weight is 400 g/mol. The summed E-state index contributed by atoms with van der Waals surface area (Å²) in [6, 6.07) is 24.6. The number of hydrogen-bond donors (Lipinski definition) is 1. The van der Waals surface area contributed by atoms with Gasteiger partial charge < -0.3 is 10.1 Å². The molecule has 150 valence electrons. The number of carbonyl (C=O) groups excluding carboxylic acids is 1. The lowest BCUT2D eigenvalue weighted by Crippen LogP contribution is -2.27. The van der Waals surface area contributed by atoms with Crippen molar-refractivity contribution in [1.29, 1.82) is 5.26 Å². The fourth-order valence-electron chi connectivity index (χ4n) is 2.91. The molecule has 0 radical (unpaired) electrons. The van der Waals surface area contributed by atoms with E-state index in [4.69, 9.17) is 4.74 Å². The van der Waals surface area contributed by atoms with E-state index in [1.54, 1.807) is 42.5 Å². The molecule has 0 saturated heterocycles. The standard InChI is InChI=1S/C25H21FN2O2/c1-18(19-9-3-2-4-10-19)28-25(29)22(16-27)15-20-11-6-8-14-24(20)30-17-21-12-5-7-13-23(21)26/h2-15,18H,17H2,1H3,(H,28,29)/b22-15-/t18-/m1/s1. The highest BCUT2D eigenvalue weighted by molar-refractivity contribution is 6.02. The minimum atomic E-state index is -0.474. The van der Waals surface area contributed by atoms with Crippen LogP contribution in [0.15, 0.2) is 84.4 Å². The Hall–Kier alpha value is -3.91. The van der Waals surface area contributed by atoms with Gasteiger partial charge in [-0.25, -0.2) is 4.39 Å². The van der Waals surface area contributed by atoms with Crippen molar-refractivity contribution in [3.05, 3.63) is 107 Å². The Morgan fingerprint density at radius 2 is 1.73 bits per heavy atom. The zero-order valence-corrected chi connectivity index (χ0v) is 16.5. The van der Waals surface area contributed by atoms with Crippen molar-refractivity contribution in [1.82, 2.24) is 5.32 Å². The first-order valence-electron chi connectivity index (χ1n) is 9.51. The topological polar surface area (TPSA) is 62.1 Å². The molecule has 0 aromatic heterocycles. The fourth-order valence-corrected chi connectivity index (χ4v) is 2.91. The van der Waals surface area contributed by atoms with Crippen molar-refractivity contribution in [2.24, 2.45) is 0 Å². The van der Waals surface area contributed by atoms with E-state index in [2.05, 4.69) is 5.32 Å². The number of halogens is 1. The summed E-state index contributed by atoms with van der Waals surface area (Å²) in [7, 11) is 0. The van der Waals surface area contributed by atoms with E-state index in [1.807, 2.05) is 43.3 Å². The molecule has 0 fully saturated rings. The van der Waals surface area contributed by atoms with Gasteiger partial charge >= 0.3 is 0 Å². The molecule has 1 amide bonds. The molecule has 30 heavy (non-hydrogen) atoms. The summed E-state index contributed by atoms with van der Waals surface area (Å²) < 4.78 is 19.6. The van der Waals surface area contributed by atoms with Crippen LogP contribution in [0.4, 0.5) is 4.39 Å². The van der Waals surface area contributed by atoms with Crippen molar-refractivity contribution >= 4 is 12.0 Å². The first kappa shape index (κ1) is 20.8. The van der Waals surface area contributed by atoms with Gasteiger partial charge in [-0.2, -0.15) is 5.26 Å². The zero-order valence-electron chi connectivity index (χ0n) is 16.5. The lowest BCUT2D eigenvalue weighted by Gasteiger charge is -2.14. The van der Waals surface area contributed by atoms with Gasteiger partial charge in [0.05, 0.1) is 6.04 Å². The lowest BCUT2D eigenvalue weighted by molar-refractivity contribution is -0.117. The van der Waals surface area contributed by atoms with Crippen LogP contribution < -0.4 is 10.1 Å². The van der Waals surface area contributed by atoms with Crippen LogP contribution in [-0.4, -0.2) is 5.91 Å². The number of nitriles is 1. The highest BCUT2D eigenvalue weighted by atomic mass is 19.1. The third-order valence-corrected chi connectivity index (χ3v) is 4.57. The normalized spacial score (nSPS) is 12.0. The van der Waals surface area contributed by atoms with Gasteiger partial charge in [-0.1, -0.05) is 66.7 Å². The van der Waals surface area contributed by atoms with Gasteiger partial charge in [-0.3, -0.25) is 4.79 Å². The van der Waals surface area contributed by atoms with Gasteiger partial charge in [0.15, 0.2) is 0 Å². The molecule has 0 aliphatic carbocycles. The molecule has 1 atom stereocenters. The minimum Gasteiger partial charge on any atom is -0.488 e. The molecule has 0 saturated carbocycles. The maximum absolute atomic E-state index is 13.8. The highest BCUT2D eigenvalue weighted by Crippen LogP contribution is 2.23. The molecule has 3 rings (SSSR count). The molecule has 0 aliphatic heterocycles. The number of ether oxygens (including phenoxy) is 1. The second-order valence-corrected chi connectivity index (χ2v) is 6.69. The number of amides is 1. The van der Waals surface area contributed by atoms with E-state index < -0.39 is 5.91 Å². The Bertz CT molecular complexity index is 1090. The number of hydrogen-bond acceptors (Lipinski definition) is 3. The van der Waals surface area contributed by atoms with E-state index in [0.717, 1.165) is 5.56 Å². The number of nitrogens with zero attached hydrogens (tertiary/aromatic N) is 1. The maximum Gasteiger partial charge on any atom is 0.262 e. The highest BCUT2D eigenvalue weighted by Gasteiger charge is 2.15. The van der Waals surface area contributed by atoms with E-state index in [0.29, 0.717) is 16.9 Å². The molecule has 3 aromatic rings. The smallest absolute Gasteiger partial charge is 0.262 e. The fraction of sp³-hybridized carbons (Fsp3) is 0.120. The Morgan fingerprint density at radius 1 is 1.07 bits per heavy atom. The molecule has 0 spiro atoms. The van der Waals surface area contributed by atoms with Crippen LogP contribution in [0.3, 0.4) is 0 Å². The largest absolute Gasteiger partial charge is 0.488 e. The van der Waals surface area contributed by atoms with Crippen molar-refractivity contribution in [2.75, 3.05) is 0 Å². The molecule has 5 heteroatoms. The van der Waals surface area contributed by atoms with Crippen molar-refractivity contribution in [3.63, 3.8) is 0 Å². The van der Waals surface area contributed by atoms with Crippen LogP contribution in [0.25, 0.3) is 6.08 Å². The van der Waals surface area contributed by atoms with Crippen LogP contribution in [0.2, 0.25) is 0 Å². The Kier molecular flexibility index (Phi) is 6.96. The van der Waals surface area contributed by atoms with Crippen LogP contribution >= 0.6 is 0 Å². The van der Waals surface area contributed by atoms with Crippen molar-refractivity contribution < 1.29 is 13.9 Å². The lowest BCUT2D eigenvalue weighted by atomic mass is 10.1. The van der Waals surface area contributed by atoms with E-state index in [-0.39, 0.29) is 24.0 Å². The number of rotatable bonds is 7. The summed E-state index contributed by atoms with van der Waals surface area (Å²) in [4.78, 5) is 12.6. The Morgan fingerprint density at radius 3 is 2.47 bits per heavy atom. The molecule has 0 heterocycles. The third kappa shape index (κ3) is 5.33. The predicted octanol–water partition coefficient (Wildman–Crippen LogP) is 5.19. The zero-order chi connectivity index (χ0) is 21.3. The molecule has 0 bridgehead atoms. The van der Waals surface area contributed by atoms with Gasteiger partial charge in [-0.05, 0) is 30.7 Å². The van der Waals surface area contributed by atoms with Gasteiger partial charge in [-0.15, -0.1) is 0 Å². The van der Waals surface area contributed by atoms with Crippen LogP contribution in [0, 0.1) is 17.1 Å². The molecule has 0 unspecified atom stereocenters. The number of nitrogens with one attached hydrogen (secondary N) is 1. The monoisotopic (exact) mass is 400 g/mol. The van der Waals surface area contributed by atoms with Gasteiger partial charge in [0.25, 0.3) is 5.91 Å². The number of para-hydroxylation sites is 1. The minimum absolute atomic E-state index is 0.0383. The van der Waals surface area contributed by atoms with Crippen molar-refractivity contribution in [2.45, 2.75) is 19.6 Å². The van der Waals surface area contributed by atoms with Gasteiger partial charge in [0.1, 0.15) is 29.8 Å². The summed E-state index contributed by atoms with van der Waals surface area (Å²) >= 11 is 0. The number of benzene rings is 3. The molecular weight excluding hydrogens is 379 g/mol. The van der Waals surface area contributed by atoms with Crippen LogP contribution in [-0.2, 0) is 11.4 Å². The summed E-state index contributed by atoms with van der Waals surface area (Å²) in [6.45, 7) is 1.89. The second-order valence-electron chi connectivity index (χ2n) is 6.69. The quantitative estimate of drug-likeness (QED) is 0.439. The second kappa shape index (κ2) is 10.0.